The van der Waals surface area contributed by atoms with Crippen LogP contribution in [-0.4, -0.2) is 16.5 Å². The third-order valence-corrected chi connectivity index (χ3v) is 4.52. The van der Waals surface area contributed by atoms with Crippen LogP contribution < -0.4 is 5.32 Å². The van der Waals surface area contributed by atoms with E-state index in [9.17, 15) is 0 Å². The molecule has 0 aromatic heterocycles. The van der Waals surface area contributed by atoms with Crippen LogP contribution >= 0.6 is 11.8 Å². The summed E-state index contributed by atoms with van der Waals surface area (Å²) < 4.78 is 0. The van der Waals surface area contributed by atoms with Crippen LogP contribution in [0.1, 0.15) is 32.3 Å². The molecule has 1 aromatic rings. The molecule has 0 spiro atoms. The van der Waals surface area contributed by atoms with E-state index >= 15 is 0 Å². The Morgan fingerprint density at radius 3 is 2.83 bits per heavy atom. The number of nitriles is 1. The maximum absolute atomic E-state index is 8.87. The molecule has 4 heteroatoms. The molecular weight excluding hydrogens is 242 g/mol. The number of aliphatic imine (C=N–C) groups is 1. The zero-order valence-corrected chi connectivity index (χ0v) is 11.5. The zero-order chi connectivity index (χ0) is 13.0. The van der Waals surface area contributed by atoms with Gasteiger partial charge in [-0.1, -0.05) is 31.7 Å². The van der Waals surface area contributed by atoms with Gasteiger partial charge < -0.3 is 5.32 Å². The monoisotopic (exact) mass is 259 g/mol. The highest BCUT2D eigenvalue weighted by molar-refractivity contribution is 8.14. The molecule has 18 heavy (non-hydrogen) atoms. The summed E-state index contributed by atoms with van der Waals surface area (Å²) in [4.78, 5) is 4.79. The molecule has 0 bridgehead atoms. The lowest BCUT2D eigenvalue weighted by molar-refractivity contribution is 0.456. The van der Waals surface area contributed by atoms with Crippen molar-refractivity contribution in [3.05, 3.63) is 29.8 Å². The number of nitrogens with one attached hydrogen (secondary N) is 1. The highest BCUT2D eigenvalue weighted by atomic mass is 32.2. The summed E-state index contributed by atoms with van der Waals surface area (Å²) in [6, 6.07) is 9.64. The molecule has 1 heterocycles. The Kier molecular flexibility index (Phi) is 3.93. The van der Waals surface area contributed by atoms with E-state index in [2.05, 4.69) is 25.2 Å². The van der Waals surface area contributed by atoms with Gasteiger partial charge in [0.2, 0.25) is 0 Å². The Bertz CT molecular complexity index is 498. The van der Waals surface area contributed by atoms with E-state index in [-0.39, 0.29) is 5.54 Å². The van der Waals surface area contributed by atoms with Crippen molar-refractivity contribution in [2.24, 2.45) is 4.99 Å². The second-order valence-electron chi connectivity index (χ2n) is 4.45. The molecule has 1 aliphatic heterocycles. The van der Waals surface area contributed by atoms with E-state index in [1.807, 2.05) is 18.2 Å². The van der Waals surface area contributed by atoms with Crippen LogP contribution in [0.15, 0.2) is 29.3 Å². The van der Waals surface area contributed by atoms with Gasteiger partial charge in [-0.3, -0.25) is 4.99 Å². The first-order valence-corrected chi connectivity index (χ1v) is 7.20. The maximum atomic E-state index is 8.87. The summed E-state index contributed by atoms with van der Waals surface area (Å²) in [5.41, 5.74) is 1.70. The van der Waals surface area contributed by atoms with E-state index < -0.39 is 0 Å². The number of benzene rings is 1. The third kappa shape index (κ3) is 2.68. The molecule has 0 aliphatic carbocycles. The van der Waals surface area contributed by atoms with Gasteiger partial charge in [-0.05, 0) is 31.0 Å². The highest BCUT2D eigenvalue weighted by Gasteiger charge is 2.31. The number of amidine groups is 1. The minimum absolute atomic E-state index is 0.0971. The molecule has 0 saturated heterocycles. The Hall–Kier alpha value is -1.47. The first kappa shape index (κ1) is 13.0. The van der Waals surface area contributed by atoms with Gasteiger partial charge in [0.15, 0.2) is 5.17 Å². The number of hydrogen-bond acceptors (Lipinski definition) is 4. The van der Waals surface area contributed by atoms with Gasteiger partial charge in [-0.25, -0.2) is 0 Å². The topological polar surface area (TPSA) is 48.2 Å². The molecule has 0 unspecified atom stereocenters. The second-order valence-corrected chi connectivity index (χ2v) is 5.42. The minimum atomic E-state index is 0.0971. The fourth-order valence-electron chi connectivity index (χ4n) is 1.95. The first-order chi connectivity index (χ1) is 8.71. The van der Waals surface area contributed by atoms with Gasteiger partial charge in [-0.2, -0.15) is 5.26 Å². The SMILES string of the molecule is CCC1(CC)CSC(Nc2cccc(C#N)c2)=N1. The fourth-order valence-corrected chi connectivity index (χ4v) is 3.28. The van der Waals surface area contributed by atoms with Gasteiger partial charge in [0, 0.05) is 11.4 Å². The summed E-state index contributed by atoms with van der Waals surface area (Å²) in [6.45, 7) is 4.37. The summed E-state index contributed by atoms with van der Waals surface area (Å²) in [6.07, 6.45) is 2.14. The molecule has 0 radical (unpaired) electrons. The molecule has 1 aromatic carbocycles. The van der Waals surface area contributed by atoms with E-state index in [0.717, 1.165) is 29.4 Å². The summed E-state index contributed by atoms with van der Waals surface area (Å²) >= 11 is 1.76. The van der Waals surface area contributed by atoms with Crippen LogP contribution in [0.2, 0.25) is 0 Å². The number of rotatable bonds is 3. The average molecular weight is 259 g/mol. The van der Waals surface area contributed by atoms with Crippen LogP contribution in [0.5, 0.6) is 0 Å². The minimum Gasteiger partial charge on any atom is -0.335 e. The predicted molar refractivity (Wildman–Crippen MR) is 78.0 cm³/mol. The van der Waals surface area contributed by atoms with Crippen LogP contribution in [0.4, 0.5) is 5.69 Å². The smallest absolute Gasteiger partial charge is 0.161 e. The van der Waals surface area contributed by atoms with Crippen molar-refractivity contribution < 1.29 is 0 Å². The molecule has 3 nitrogen and oxygen atoms in total. The van der Waals surface area contributed by atoms with E-state index in [0.29, 0.717) is 5.56 Å². The molecule has 0 atom stereocenters. The van der Waals surface area contributed by atoms with Gasteiger partial charge >= 0.3 is 0 Å². The van der Waals surface area contributed by atoms with Gasteiger partial charge in [0.05, 0.1) is 17.2 Å². The maximum Gasteiger partial charge on any atom is 0.161 e. The standard InChI is InChI=1S/C14H17N3S/c1-3-14(4-2)10-18-13(17-14)16-12-7-5-6-11(8-12)9-15/h5-8H,3-4,10H2,1-2H3,(H,16,17). The lowest BCUT2D eigenvalue weighted by atomic mass is 9.97. The number of hydrogen-bond donors (Lipinski definition) is 1. The number of thioether (sulfide) groups is 1. The molecule has 0 fully saturated rings. The molecule has 0 amide bonds. The van der Waals surface area contributed by atoms with Crippen molar-refractivity contribution in [2.75, 3.05) is 11.1 Å². The Labute approximate surface area is 112 Å². The lowest BCUT2D eigenvalue weighted by Gasteiger charge is -2.20. The first-order valence-electron chi connectivity index (χ1n) is 6.21. The summed E-state index contributed by atoms with van der Waals surface area (Å²) in [5, 5.41) is 13.1. The van der Waals surface area contributed by atoms with E-state index in [1.165, 1.54) is 0 Å². The van der Waals surface area contributed by atoms with Crippen molar-refractivity contribution in [3.63, 3.8) is 0 Å². The van der Waals surface area contributed by atoms with Crippen LogP contribution in [0.3, 0.4) is 0 Å². The van der Waals surface area contributed by atoms with Gasteiger partial charge in [0.1, 0.15) is 0 Å². The van der Waals surface area contributed by atoms with Crippen LogP contribution in [0.25, 0.3) is 0 Å². The third-order valence-electron chi connectivity index (χ3n) is 3.38. The van der Waals surface area contributed by atoms with Gasteiger partial charge in [0.25, 0.3) is 0 Å². The van der Waals surface area contributed by atoms with E-state index in [4.69, 9.17) is 10.3 Å². The quantitative estimate of drug-likeness (QED) is 0.901. The Morgan fingerprint density at radius 1 is 1.44 bits per heavy atom. The number of nitrogens with zero attached hydrogens (tertiary/aromatic N) is 2. The zero-order valence-electron chi connectivity index (χ0n) is 10.7. The normalized spacial score (nSPS) is 17.1. The second kappa shape index (κ2) is 5.45. The van der Waals surface area contributed by atoms with Gasteiger partial charge in [-0.15, -0.1) is 0 Å². The largest absolute Gasteiger partial charge is 0.335 e. The van der Waals surface area contributed by atoms with Crippen molar-refractivity contribution in [2.45, 2.75) is 32.2 Å². The molecular formula is C14H17N3S. The lowest BCUT2D eigenvalue weighted by Crippen LogP contribution is -2.24. The van der Waals surface area contributed by atoms with Crippen molar-refractivity contribution >= 4 is 22.6 Å². The molecule has 94 valence electrons. The Morgan fingerprint density at radius 2 is 2.22 bits per heavy atom. The van der Waals surface area contributed by atoms with Crippen molar-refractivity contribution in [1.29, 1.82) is 5.26 Å². The molecule has 1 N–H and O–H groups in total. The van der Waals surface area contributed by atoms with Crippen molar-refractivity contribution in [3.8, 4) is 6.07 Å². The van der Waals surface area contributed by atoms with Crippen LogP contribution in [-0.2, 0) is 0 Å². The molecule has 1 aliphatic rings. The summed E-state index contributed by atoms with van der Waals surface area (Å²) in [7, 11) is 0. The van der Waals surface area contributed by atoms with E-state index in [1.54, 1.807) is 17.8 Å². The number of anilines is 1. The predicted octanol–water partition coefficient (Wildman–Crippen LogP) is 3.63. The fraction of sp³-hybridized carbons (Fsp3) is 0.429. The summed E-state index contributed by atoms with van der Waals surface area (Å²) in [5.74, 6) is 1.04. The Balaban J connectivity index is 2.13. The molecule has 0 saturated carbocycles. The van der Waals surface area contributed by atoms with Crippen molar-refractivity contribution in [1.82, 2.24) is 0 Å². The van der Waals surface area contributed by atoms with Crippen LogP contribution in [0, 0.1) is 11.3 Å². The highest BCUT2D eigenvalue weighted by Crippen LogP contribution is 2.33. The average Bonchev–Trinajstić information content (AvgIpc) is 2.83. The molecule has 2 rings (SSSR count).